The van der Waals surface area contributed by atoms with Crippen LogP contribution in [0.4, 0.5) is 0 Å². The van der Waals surface area contributed by atoms with Crippen LogP contribution in [0.3, 0.4) is 0 Å². The lowest BCUT2D eigenvalue weighted by atomic mass is 9.78. The van der Waals surface area contributed by atoms with E-state index in [4.69, 9.17) is 20.9 Å². The van der Waals surface area contributed by atoms with Crippen molar-refractivity contribution >= 4 is 22.5 Å². The van der Waals surface area contributed by atoms with Gasteiger partial charge in [-0.3, -0.25) is 0 Å². The van der Waals surface area contributed by atoms with Crippen molar-refractivity contribution in [1.29, 1.82) is 0 Å². The minimum Gasteiger partial charge on any atom is -0.385 e. The summed E-state index contributed by atoms with van der Waals surface area (Å²) in [6.45, 7) is 2.50. The number of fused-ring (bicyclic) bond motifs is 1. The van der Waals surface area contributed by atoms with Gasteiger partial charge < -0.3 is 18.9 Å². The largest absolute Gasteiger partial charge is 0.385 e. The number of hydrogen-bond acceptors (Lipinski definition) is 4. The summed E-state index contributed by atoms with van der Waals surface area (Å²) in [5.41, 5.74) is 5.17. The third-order valence-corrected chi connectivity index (χ3v) is 8.19. The van der Waals surface area contributed by atoms with Gasteiger partial charge in [0.15, 0.2) is 0 Å². The number of hydrogen-bond donors (Lipinski definition) is 1. The molecule has 2 aliphatic rings. The molecule has 1 N–H and O–H groups in total. The molecule has 2 fully saturated rings. The van der Waals surface area contributed by atoms with E-state index in [1.165, 1.54) is 5.39 Å². The van der Waals surface area contributed by atoms with Gasteiger partial charge in [0.1, 0.15) is 11.5 Å². The summed E-state index contributed by atoms with van der Waals surface area (Å²) in [7, 11) is 2.04. The lowest BCUT2D eigenvalue weighted by molar-refractivity contribution is -0.0640. The van der Waals surface area contributed by atoms with E-state index in [0.29, 0.717) is 30.4 Å². The smallest absolute Gasteiger partial charge is 0.145 e. The first-order valence-electron chi connectivity index (χ1n) is 12.6. The molecular weight excluding hydrogens is 460 g/mol. The normalized spacial score (nSPS) is 22.7. The zero-order chi connectivity index (χ0) is 24.2. The van der Waals surface area contributed by atoms with Crippen LogP contribution in [-0.2, 0) is 24.0 Å². The average Bonchev–Trinajstić information content (AvgIpc) is 3.52. The SMILES string of the molecule is Cc1cccc(Cl)c1-c1noc(C2CC2)c1COC1CCC(O)(c2ccc3ccn(C)c3c2)CC1. The second-order valence-electron chi connectivity index (χ2n) is 10.3. The second-order valence-corrected chi connectivity index (χ2v) is 10.7. The number of ether oxygens (including phenoxy) is 1. The molecular formula is C29H31ClN2O3. The zero-order valence-corrected chi connectivity index (χ0v) is 21.0. The van der Waals surface area contributed by atoms with Gasteiger partial charge in [-0.2, -0.15) is 0 Å². The summed E-state index contributed by atoms with van der Waals surface area (Å²) >= 11 is 6.57. The molecule has 5 nitrogen and oxygen atoms in total. The van der Waals surface area contributed by atoms with Gasteiger partial charge in [0.2, 0.25) is 0 Å². The van der Waals surface area contributed by atoms with Crippen LogP contribution in [-0.4, -0.2) is 20.9 Å². The molecule has 6 heteroatoms. The highest BCUT2D eigenvalue weighted by atomic mass is 35.5. The molecule has 35 heavy (non-hydrogen) atoms. The number of aliphatic hydroxyl groups is 1. The Kier molecular flexibility index (Phi) is 5.75. The molecule has 0 unspecified atom stereocenters. The van der Waals surface area contributed by atoms with Gasteiger partial charge in [0.25, 0.3) is 0 Å². The Morgan fingerprint density at radius 2 is 1.94 bits per heavy atom. The first kappa shape index (κ1) is 22.8. The standard InChI is InChI=1S/C29H31ClN2O3/c1-18-4-3-5-24(30)26(18)27-23(28(35-31-27)20-6-7-20)17-34-22-10-13-29(33,14-11-22)21-9-8-19-12-15-32(2)25(19)16-21/h3-5,8-9,12,15-16,20,22,33H,6-7,10-11,13-14,17H2,1-2H3. The Balaban J connectivity index is 1.18. The maximum absolute atomic E-state index is 11.5. The van der Waals surface area contributed by atoms with Gasteiger partial charge in [-0.25, -0.2) is 0 Å². The van der Waals surface area contributed by atoms with Crippen molar-refractivity contribution in [3.05, 3.63) is 76.1 Å². The Morgan fingerprint density at radius 1 is 1.14 bits per heavy atom. The minimum atomic E-state index is -0.811. The van der Waals surface area contributed by atoms with Crippen LogP contribution in [0.5, 0.6) is 0 Å². The van der Waals surface area contributed by atoms with Crippen molar-refractivity contribution in [3.63, 3.8) is 0 Å². The van der Waals surface area contributed by atoms with E-state index < -0.39 is 5.60 Å². The molecule has 2 heterocycles. The molecule has 2 aromatic carbocycles. The van der Waals surface area contributed by atoms with Gasteiger partial charge in [-0.05, 0) is 80.2 Å². The molecule has 182 valence electrons. The van der Waals surface area contributed by atoms with Crippen molar-refractivity contribution in [2.45, 2.75) is 69.7 Å². The molecule has 2 aliphatic carbocycles. The molecule has 6 rings (SSSR count). The summed E-state index contributed by atoms with van der Waals surface area (Å²) in [5.74, 6) is 1.38. The molecule has 4 aromatic rings. The van der Waals surface area contributed by atoms with Crippen LogP contribution in [0.25, 0.3) is 22.2 Å². The van der Waals surface area contributed by atoms with Crippen LogP contribution in [0.15, 0.2) is 53.2 Å². The van der Waals surface area contributed by atoms with Gasteiger partial charge in [0, 0.05) is 35.8 Å². The predicted molar refractivity (Wildman–Crippen MR) is 138 cm³/mol. The lowest BCUT2D eigenvalue weighted by Crippen LogP contribution is -2.34. The van der Waals surface area contributed by atoms with E-state index in [0.717, 1.165) is 64.9 Å². The van der Waals surface area contributed by atoms with E-state index >= 15 is 0 Å². The monoisotopic (exact) mass is 490 g/mol. The fourth-order valence-electron chi connectivity index (χ4n) is 5.53. The molecule has 0 atom stereocenters. The first-order chi connectivity index (χ1) is 16.9. The number of rotatable bonds is 6. The summed E-state index contributed by atoms with van der Waals surface area (Å²) in [6, 6.07) is 14.3. The predicted octanol–water partition coefficient (Wildman–Crippen LogP) is 7.02. The maximum Gasteiger partial charge on any atom is 0.145 e. The molecule has 0 saturated heterocycles. The van der Waals surface area contributed by atoms with Crippen molar-refractivity contribution in [2.24, 2.45) is 7.05 Å². The van der Waals surface area contributed by atoms with Crippen molar-refractivity contribution in [1.82, 2.24) is 9.72 Å². The minimum absolute atomic E-state index is 0.0937. The third-order valence-electron chi connectivity index (χ3n) is 7.87. The van der Waals surface area contributed by atoms with E-state index in [-0.39, 0.29) is 6.10 Å². The summed E-state index contributed by atoms with van der Waals surface area (Å²) < 4.78 is 14.4. The van der Waals surface area contributed by atoms with Gasteiger partial charge in [-0.15, -0.1) is 0 Å². The summed E-state index contributed by atoms with van der Waals surface area (Å²) in [6.07, 6.45) is 7.40. The summed E-state index contributed by atoms with van der Waals surface area (Å²) in [4.78, 5) is 0. The quantitative estimate of drug-likeness (QED) is 0.315. The third kappa shape index (κ3) is 4.20. The number of benzene rings is 2. The fourth-order valence-corrected chi connectivity index (χ4v) is 5.84. The van der Waals surface area contributed by atoms with Crippen molar-refractivity contribution in [3.8, 4) is 11.3 Å². The van der Waals surface area contributed by atoms with E-state index in [1.807, 2.05) is 32.2 Å². The molecule has 2 saturated carbocycles. The van der Waals surface area contributed by atoms with Gasteiger partial charge in [-0.1, -0.05) is 41.0 Å². The molecule has 0 amide bonds. The maximum atomic E-state index is 11.5. The van der Waals surface area contributed by atoms with Crippen LogP contribution in [0.1, 0.15) is 66.9 Å². The number of halogens is 1. The Labute approximate surface area is 210 Å². The fraction of sp³-hybridized carbons (Fsp3) is 0.414. The highest BCUT2D eigenvalue weighted by Gasteiger charge is 2.37. The molecule has 0 aliphatic heterocycles. The van der Waals surface area contributed by atoms with Crippen LogP contribution >= 0.6 is 11.6 Å². The van der Waals surface area contributed by atoms with Gasteiger partial charge >= 0.3 is 0 Å². The highest BCUT2D eigenvalue weighted by molar-refractivity contribution is 6.33. The molecule has 2 aromatic heterocycles. The molecule has 0 radical (unpaired) electrons. The first-order valence-corrected chi connectivity index (χ1v) is 12.9. The van der Waals surface area contributed by atoms with Crippen LogP contribution in [0.2, 0.25) is 5.02 Å². The lowest BCUT2D eigenvalue weighted by Gasteiger charge is -2.36. The van der Waals surface area contributed by atoms with Gasteiger partial charge in [0.05, 0.1) is 23.3 Å². The topological polar surface area (TPSA) is 60.4 Å². The van der Waals surface area contributed by atoms with Crippen LogP contribution in [0, 0.1) is 6.92 Å². The van der Waals surface area contributed by atoms with E-state index in [9.17, 15) is 5.11 Å². The number of aromatic nitrogens is 2. The van der Waals surface area contributed by atoms with Crippen molar-refractivity contribution < 1.29 is 14.4 Å². The summed E-state index contributed by atoms with van der Waals surface area (Å²) in [5, 5.41) is 17.8. The Bertz CT molecular complexity index is 1360. The van der Waals surface area contributed by atoms with Crippen molar-refractivity contribution in [2.75, 3.05) is 0 Å². The average molecular weight is 491 g/mol. The van der Waals surface area contributed by atoms with E-state index in [1.54, 1.807) is 0 Å². The second kappa shape index (κ2) is 8.81. The number of nitrogens with zero attached hydrogens (tertiary/aromatic N) is 2. The van der Waals surface area contributed by atoms with Crippen LogP contribution < -0.4 is 0 Å². The number of aryl methyl sites for hydroxylation is 2. The van der Waals surface area contributed by atoms with E-state index in [2.05, 4.69) is 40.2 Å². The Morgan fingerprint density at radius 3 is 2.69 bits per heavy atom. The zero-order valence-electron chi connectivity index (χ0n) is 20.3. The molecule has 0 bridgehead atoms. The molecule has 0 spiro atoms. The highest BCUT2D eigenvalue weighted by Crippen LogP contribution is 2.46. The Hall–Kier alpha value is -2.60.